The predicted octanol–water partition coefficient (Wildman–Crippen LogP) is 6.88. The molecule has 1 aliphatic rings. The standard InChI is InChI=1S/C26H19BrN2OS/c1-30-21-13-7-17(8-14-21)22-15-23(18-5-3-2-4-6-18)28-24-16-29(26(31)25(22)24)20-11-9-19(27)10-12-20/h2-15H,16H2,1H3. The summed E-state index contributed by atoms with van der Waals surface area (Å²) in [6, 6.07) is 28.8. The van der Waals surface area contributed by atoms with E-state index in [0.29, 0.717) is 6.54 Å². The second-order valence-corrected chi connectivity index (χ2v) is 8.64. The summed E-state index contributed by atoms with van der Waals surface area (Å²) in [5.41, 5.74) is 7.32. The van der Waals surface area contributed by atoms with Gasteiger partial charge < -0.3 is 9.64 Å². The van der Waals surface area contributed by atoms with Gasteiger partial charge in [-0.25, -0.2) is 0 Å². The number of benzene rings is 3. The molecule has 0 radical (unpaired) electrons. The van der Waals surface area contributed by atoms with Crippen LogP contribution >= 0.6 is 28.1 Å². The summed E-state index contributed by atoms with van der Waals surface area (Å²) in [5.74, 6) is 0.830. The van der Waals surface area contributed by atoms with Crippen LogP contribution < -0.4 is 9.64 Å². The summed E-state index contributed by atoms with van der Waals surface area (Å²) in [5, 5.41) is 0. The van der Waals surface area contributed by atoms with Gasteiger partial charge in [-0.1, -0.05) is 70.6 Å². The van der Waals surface area contributed by atoms with E-state index in [1.165, 1.54) is 0 Å². The minimum atomic E-state index is 0.652. The quantitative estimate of drug-likeness (QED) is 0.293. The van der Waals surface area contributed by atoms with E-state index in [1.807, 2.05) is 42.5 Å². The van der Waals surface area contributed by atoms with Gasteiger partial charge in [0.05, 0.1) is 25.0 Å². The van der Waals surface area contributed by atoms with Crippen molar-refractivity contribution in [2.75, 3.05) is 12.0 Å². The molecule has 0 atom stereocenters. The van der Waals surface area contributed by atoms with Crippen molar-refractivity contribution in [3.8, 4) is 28.1 Å². The first-order valence-electron chi connectivity index (χ1n) is 9.95. The maximum atomic E-state index is 5.96. The lowest BCUT2D eigenvalue weighted by molar-refractivity contribution is 0.415. The van der Waals surface area contributed by atoms with E-state index in [9.17, 15) is 0 Å². The molecule has 3 aromatic carbocycles. The minimum Gasteiger partial charge on any atom is -0.497 e. The third-order valence-corrected chi connectivity index (χ3v) is 6.42. The van der Waals surface area contributed by atoms with E-state index in [1.54, 1.807) is 7.11 Å². The van der Waals surface area contributed by atoms with Gasteiger partial charge in [0.1, 0.15) is 10.7 Å². The molecular weight excluding hydrogens is 468 g/mol. The van der Waals surface area contributed by atoms with Gasteiger partial charge >= 0.3 is 0 Å². The Balaban J connectivity index is 1.66. The molecule has 0 unspecified atom stereocenters. The number of pyridine rings is 1. The summed E-state index contributed by atoms with van der Waals surface area (Å²) < 4.78 is 6.39. The summed E-state index contributed by atoms with van der Waals surface area (Å²) in [6.07, 6.45) is 0. The number of ether oxygens (including phenoxy) is 1. The van der Waals surface area contributed by atoms with Crippen molar-refractivity contribution in [2.24, 2.45) is 0 Å². The molecule has 152 valence electrons. The molecule has 0 N–H and O–H groups in total. The molecule has 0 fully saturated rings. The van der Waals surface area contributed by atoms with Crippen LogP contribution in [0.4, 0.5) is 5.69 Å². The lowest BCUT2D eigenvalue weighted by Gasteiger charge is -2.18. The van der Waals surface area contributed by atoms with Crippen LogP contribution in [0.5, 0.6) is 5.75 Å². The van der Waals surface area contributed by atoms with Gasteiger partial charge in [-0.05, 0) is 53.6 Å². The number of methoxy groups -OCH3 is 1. The number of hydrogen-bond donors (Lipinski definition) is 0. The number of nitrogens with zero attached hydrogens (tertiary/aromatic N) is 2. The summed E-state index contributed by atoms with van der Waals surface area (Å²) in [7, 11) is 1.68. The number of anilines is 1. The van der Waals surface area contributed by atoms with Gasteiger partial charge in [0.25, 0.3) is 0 Å². The molecule has 5 rings (SSSR count). The SMILES string of the molecule is COc1ccc(-c2cc(-c3ccccc3)nc3c2C(=S)N(c2ccc(Br)cc2)C3)cc1. The molecular formula is C26H19BrN2OS. The van der Waals surface area contributed by atoms with Gasteiger partial charge in [-0.2, -0.15) is 0 Å². The minimum absolute atomic E-state index is 0.652. The Morgan fingerprint density at radius 3 is 2.29 bits per heavy atom. The topological polar surface area (TPSA) is 25.4 Å². The third kappa shape index (κ3) is 3.75. The van der Waals surface area contributed by atoms with Crippen LogP contribution in [0.2, 0.25) is 0 Å². The van der Waals surface area contributed by atoms with Crippen LogP contribution in [0.3, 0.4) is 0 Å². The number of aromatic nitrogens is 1. The fourth-order valence-corrected chi connectivity index (χ4v) is 4.55. The number of hydrogen-bond acceptors (Lipinski definition) is 3. The number of thiocarbonyl (C=S) groups is 1. The number of halogens is 1. The van der Waals surface area contributed by atoms with E-state index in [0.717, 1.165) is 54.5 Å². The van der Waals surface area contributed by atoms with Gasteiger partial charge in [0.2, 0.25) is 0 Å². The highest BCUT2D eigenvalue weighted by atomic mass is 79.9. The van der Waals surface area contributed by atoms with Gasteiger partial charge in [0.15, 0.2) is 0 Å². The summed E-state index contributed by atoms with van der Waals surface area (Å²) >= 11 is 9.47. The van der Waals surface area contributed by atoms with E-state index < -0.39 is 0 Å². The van der Waals surface area contributed by atoms with Crippen LogP contribution in [0.25, 0.3) is 22.4 Å². The van der Waals surface area contributed by atoms with Crippen LogP contribution in [0.15, 0.2) is 89.4 Å². The molecule has 1 aliphatic heterocycles. The predicted molar refractivity (Wildman–Crippen MR) is 134 cm³/mol. The Kier molecular flexibility index (Phi) is 5.30. The molecule has 0 amide bonds. The molecule has 4 aromatic rings. The average molecular weight is 487 g/mol. The molecule has 0 spiro atoms. The zero-order valence-electron chi connectivity index (χ0n) is 16.9. The summed E-state index contributed by atoms with van der Waals surface area (Å²) in [4.78, 5) is 7.98. The largest absolute Gasteiger partial charge is 0.497 e. The molecule has 3 nitrogen and oxygen atoms in total. The van der Waals surface area contributed by atoms with Crippen molar-refractivity contribution in [1.29, 1.82) is 0 Å². The van der Waals surface area contributed by atoms with E-state index >= 15 is 0 Å². The average Bonchev–Trinajstić information content (AvgIpc) is 3.16. The monoisotopic (exact) mass is 486 g/mol. The maximum absolute atomic E-state index is 5.96. The molecule has 0 saturated heterocycles. The molecule has 1 aromatic heterocycles. The highest BCUT2D eigenvalue weighted by molar-refractivity contribution is 9.10. The van der Waals surface area contributed by atoms with Crippen molar-refractivity contribution in [3.63, 3.8) is 0 Å². The zero-order valence-corrected chi connectivity index (χ0v) is 19.3. The van der Waals surface area contributed by atoms with Gasteiger partial charge in [-0.3, -0.25) is 4.98 Å². The fourth-order valence-electron chi connectivity index (χ4n) is 3.89. The molecule has 0 bridgehead atoms. The first kappa shape index (κ1) is 19.9. The molecule has 0 aliphatic carbocycles. The van der Waals surface area contributed by atoms with E-state index in [2.05, 4.69) is 63.3 Å². The van der Waals surface area contributed by atoms with Crippen LogP contribution in [-0.2, 0) is 6.54 Å². The number of fused-ring (bicyclic) bond motifs is 1. The Labute approximate surface area is 195 Å². The highest BCUT2D eigenvalue weighted by Gasteiger charge is 2.30. The van der Waals surface area contributed by atoms with Crippen molar-refractivity contribution >= 4 is 38.8 Å². The third-order valence-electron chi connectivity index (χ3n) is 5.47. The Morgan fingerprint density at radius 1 is 0.903 bits per heavy atom. The van der Waals surface area contributed by atoms with Gasteiger partial charge in [0, 0.05) is 21.3 Å². The lowest BCUT2D eigenvalue weighted by Crippen LogP contribution is -2.22. The summed E-state index contributed by atoms with van der Waals surface area (Å²) in [6.45, 7) is 0.652. The van der Waals surface area contributed by atoms with Crippen LogP contribution in [0, 0.1) is 0 Å². The van der Waals surface area contributed by atoms with E-state index in [-0.39, 0.29) is 0 Å². The zero-order chi connectivity index (χ0) is 21.4. The molecule has 2 heterocycles. The van der Waals surface area contributed by atoms with Crippen molar-refractivity contribution in [1.82, 2.24) is 4.98 Å². The van der Waals surface area contributed by atoms with Crippen molar-refractivity contribution < 1.29 is 4.74 Å². The highest BCUT2D eigenvalue weighted by Crippen LogP contribution is 2.38. The van der Waals surface area contributed by atoms with Crippen LogP contribution in [0.1, 0.15) is 11.3 Å². The van der Waals surface area contributed by atoms with Crippen molar-refractivity contribution in [3.05, 3.63) is 101 Å². The Bertz CT molecular complexity index is 1260. The second kappa shape index (κ2) is 8.25. The van der Waals surface area contributed by atoms with E-state index in [4.69, 9.17) is 21.9 Å². The molecule has 31 heavy (non-hydrogen) atoms. The van der Waals surface area contributed by atoms with Crippen LogP contribution in [-0.4, -0.2) is 17.1 Å². The maximum Gasteiger partial charge on any atom is 0.118 e. The Hall–Kier alpha value is -3.02. The fraction of sp³-hybridized carbons (Fsp3) is 0.0769. The smallest absolute Gasteiger partial charge is 0.118 e. The second-order valence-electron chi connectivity index (χ2n) is 7.34. The number of rotatable bonds is 4. The first-order valence-corrected chi connectivity index (χ1v) is 11.2. The first-order chi connectivity index (χ1) is 15.1. The lowest BCUT2D eigenvalue weighted by atomic mass is 9.97. The molecule has 0 saturated carbocycles. The van der Waals surface area contributed by atoms with Crippen molar-refractivity contribution in [2.45, 2.75) is 6.54 Å². The van der Waals surface area contributed by atoms with Gasteiger partial charge in [-0.15, -0.1) is 0 Å². The normalized spacial score (nSPS) is 12.7. The Morgan fingerprint density at radius 2 is 1.61 bits per heavy atom. The molecule has 5 heteroatoms.